The highest BCUT2D eigenvalue weighted by Crippen LogP contribution is 2.25. The van der Waals surface area contributed by atoms with Gasteiger partial charge in [0.05, 0.1) is 6.61 Å². The third-order valence-electron chi connectivity index (χ3n) is 3.26. The van der Waals surface area contributed by atoms with Crippen molar-refractivity contribution in [2.24, 2.45) is 0 Å². The Balaban J connectivity index is 1.56. The standard InChI is InChI=1S/C19H19NO4/c1-3-21-19-12-18(24-20-19)13-22-15-7-9-16(10-8-15)23-17-6-4-5-14(2)11-17/h4-12H,3,13H2,1-2H3. The van der Waals surface area contributed by atoms with Gasteiger partial charge in [-0.25, -0.2) is 0 Å². The number of rotatable bonds is 7. The van der Waals surface area contributed by atoms with Crippen molar-refractivity contribution in [3.05, 3.63) is 65.9 Å². The maximum Gasteiger partial charge on any atom is 0.254 e. The lowest BCUT2D eigenvalue weighted by atomic mass is 10.2. The third kappa shape index (κ3) is 4.29. The molecule has 2 aromatic carbocycles. The molecule has 0 aliphatic rings. The first kappa shape index (κ1) is 15.9. The zero-order valence-electron chi connectivity index (χ0n) is 13.7. The lowest BCUT2D eigenvalue weighted by molar-refractivity contribution is 0.240. The van der Waals surface area contributed by atoms with Gasteiger partial charge in [-0.05, 0) is 61.0 Å². The maximum atomic E-state index is 5.81. The number of ether oxygens (including phenoxy) is 3. The van der Waals surface area contributed by atoms with Crippen molar-refractivity contribution in [2.45, 2.75) is 20.5 Å². The van der Waals surface area contributed by atoms with Gasteiger partial charge in [-0.3, -0.25) is 0 Å². The Morgan fingerprint density at radius 3 is 2.46 bits per heavy atom. The van der Waals surface area contributed by atoms with Gasteiger partial charge in [0.1, 0.15) is 23.9 Å². The largest absolute Gasteiger partial charge is 0.486 e. The van der Waals surface area contributed by atoms with Gasteiger partial charge in [-0.2, -0.15) is 0 Å². The molecule has 5 nitrogen and oxygen atoms in total. The summed E-state index contributed by atoms with van der Waals surface area (Å²) < 4.78 is 21.8. The van der Waals surface area contributed by atoms with Gasteiger partial charge in [0.2, 0.25) is 0 Å². The summed E-state index contributed by atoms with van der Waals surface area (Å²) >= 11 is 0. The van der Waals surface area contributed by atoms with E-state index in [4.69, 9.17) is 18.7 Å². The van der Waals surface area contributed by atoms with E-state index in [2.05, 4.69) is 5.16 Å². The van der Waals surface area contributed by atoms with E-state index in [9.17, 15) is 0 Å². The summed E-state index contributed by atoms with van der Waals surface area (Å²) in [4.78, 5) is 0. The van der Waals surface area contributed by atoms with Crippen molar-refractivity contribution in [1.82, 2.24) is 5.16 Å². The Kier molecular flexibility index (Phi) is 5.01. The van der Waals surface area contributed by atoms with Crippen LogP contribution in [0.4, 0.5) is 0 Å². The predicted octanol–water partition coefficient (Wildman–Crippen LogP) is 4.75. The Bertz CT molecular complexity index is 780. The first-order valence-electron chi connectivity index (χ1n) is 7.78. The number of benzene rings is 2. The van der Waals surface area contributed by atoms with Crippen LogP contribution in [0.3, 0.4) is 0 Å². The van der Waals surface area contributed by atoms with Gasteiger partial charge in [-0.15, -0.1) is 0 Å². The summed E-state index contributed by atoms with van der Waals surface area (Å²) in [7, 11) is 0. The monoisotopic (exact) mass is 325 g/mol. The summed E-state index contributed by atoms with van der Waals surface area (Å²) in [6.07, 6.45) is 0. The molecular formula is C19H19NO4. The minimum atomic E-state index is 0.290. The maximum absolute atomic E-state index is 5.81. The quantitative estimate of drug-likeness (QED) is 0.627. The van der Waals surface area contributed by atoms with Crippen LogP contribution in [-0.2, 0) is 6.61 Å². The second-order valence-corrected chi connectivity index (χ2v) is 5.24. The highest BCUT2D eigenvalue weighted by molar-refractivity contribution is 5.36. The minimum absolute atomic E-state index is 0.290. The van der Waals surface area contributed by atoms with Crippen molar-refractivity contribution < 1.29 is 18.7 Å². The first-order valence-corrected chi connectivity index (χ1v) is 7.78. The fourth-order valence-corrected chi connectivity index (χ4v) is 2.15. The van der Waals surface area contributed by atoms with Crippen LogP contribution in [0.25, 0.3) is 0 Å². The normalized spacial score (nSPS) is 10.4. The van der Waals surface area contributed by atoms with Gasteiger partial charge >= 0.3 is 0 Å². The fraction of sp³-hybridized carbons (Fsp3) is 0.211. The molecule has 1 aromatic heterocycles. The summed E-state index contributed by atoms with van der Waals surface area (Å²) in [6, 6.07) is 17.1. The second kappa shape index (κ2) is 7.55. The van der Waals surface area contributed by atoms with Crippen LogP contribution < -0.4 is 14.2 Å². The molecule has 0 saturated heterocycles. The molecule has 0 unspecified atom stereocenters. The van der Waals surface area contributed by atoms with E-state index in [0.29, 0.717) is 18.2 Å². The van der Waals surface area contributed by atoms with Gasteiger partial charge in [0.25, 0.3) is 5.88 Å². The van der Waals surface area contributed by atoms with Crippen LogP contribution >= 0.6 is 0 Å². The Morgan fingerprint density at radius 1 is 0.917 bits per heavy atom. The molecule has 5 heteroatoms. The van der Waals surface area contributed by atoms with Crippen LogP contribution in [0.15, 0.2) is 59.1 Å². The van der Waals surface area contributed by atoms with Crippen molar-refractivity contribution >= 4 is 0 Å². The number of aromatic nitrogens is 1. The summed E-state index contributed by atoms with van der Waals surface area (Å²) in [5.41, 5.74) is 1.16. The Labute approximate surface area is 140 Å². The highest BCUT2D eigenvalue weighted by atomic mass is 16.5. The molecule has 0 aliphatic carbocycles. The zero-order valence-corrected chi connectivity index (χ0v) is 13.7. The van der Waals surface area contributed by atoms with Gasteiger partial charge in [-0.1, -0.05) is 12.1 Å². The number of aryl methyl sites for hydroxylation is 1. The molecular weight excluding hydrogens is 306 g/mol. The zero-order chi connectivity index (χ0) is 16.8. The van der Waals surface area contributed by atoms with Crippen LogP contribution in [-0.4, -0.2) is 11.8 Å². The fourth-order valence-electron chi connectivity index (χ4n) is 2.15. The first-order chi connectivity index (χ1) is 11.7. The molecule has 0 N–H and O–H groups in total. The average Bonchev–Trinajstić information content (AvgIpc) is 3.02. The predicted molar refractivity (Wildman–Crippen MR) is 89.7 cm³/mol. The average molecular weight is 325 g/mol. The smallest absolute Gasteiger partial charge is 0.254 e. The molecule has 24 heavy (non-hydrogen) atoms. The van der Waals surface area contributed by atoms with E-state index in [1.165, 1.54) is 0 Å². The van der Waals surface area contributed by atoms with Gasteiger partial charge < -0.3 is 18.7 Å². The van der Waals surface area contributed by atoms with E-state index in [1.807, 2.05) is 62.4 Å². The minimum Gasteiger partial charge on any atom is -0.486 e. The van der Waals surface area contributed by atoms with Gasteiger partial charge in [0, 0.05) is 6.07 Å². The molecule has 0 radical (unpaired) electrons. The molecule has 0 amide bonds. The summed E-state index contributed by atoms with van der Waals surface area (Å²) in [6.45, 7) is 4.77. The molecule has 3 aromatic rings. The molecule has 0 aliphatic heterocycles. The van der Waals surface area contributed by atoms with Crippen molar-refractivity contribution in [1.29, 1.82) is 0 Å². The summed E-state index contributed by atoms with van der Waals surface area (Å²) in [5.74, 6) is 3.37. The highest BCUT2D eigenvalue weighted by Gasteiger charge is 2.06. The molecule has 124 valence electrons. The lowest BCUT2D eigenvalue weighted by Crippen LogP contribution is -1.94. The Morgan fingerprint density at radius 2 is 1.71 bits per heavy atom. The second-order valence-electron chi connectivity index (χ2n) is 5.24. The van der Waals surface area contributed by atoms with Gasteiger partial charge in [0.15, 0.2) is 5.76 Å². The Hall–Kier alpha value is -2.95. The van der Waals surface area contributed by atoms with Crippen molar-refractivity contribution in [3.63, 3.8) is 0 Å². The molecule has 1 heterocycles. The molecule has 0 atom stereocenters. The summed E-state index contributed by atoms with van der Waals surface area (Å²) in [5, 5.41) is 3.79. The molecule has 0 spiro atoms. The van der Waals surface area contributed by atoms with Crippen LogP contribution in [0.5, 0.6) is 23.1 Å². The van der Waals surface area contributed by atoms with Crippen LogP contribution in [0.1, 0.15) is 18.2 Å². The van der Waals surface area contributed by atoms with Crippen molar-refractivity contribution in [2.75, 3.05) is 6.61 Å². The number of hydrogen-bond acceptors (Lipinski definition) is 5. The third-order valence-corrected chi connectivity index (χ3v) is 3.26. The van der Waals surface area contributed by atoms with E-state index < -0.39 is 0 Å². The molecule has 3 rings (SSSR count). The number of nitrogens with zero attached hydrogens (tertiary/aromatic N) is 1. The van der Waals surface area contributed by atoms with Crippen LogP contribution in [0, 0.1) is 6.92 Å². The van der Waals surface area contributed by atoms with E-state index in [-0.39, 0.29) is 6.61 Å². The SMILES string of the molecule is CCOc1cc(COc2ccc(Oc3cccc(C)c3)cc2)on1. The topological polar surface area (TPSA) is 53.7 Å². The van der Waals surface area contributed by atoms with E-state index in [1.54, 1.807) is 6.07 Å². The van der Waals surface area contributed by atoms with Crippen molar-refractivity contribution in [3.8, 4) is 23.1 Å². The molecule has 0 bridgehead atoms. The van der Waals surface area contributed by atoms with Crippen LogP contribution in [0.2, 0.25) is 0 Å². The molecule has 0 saturated carbocycles. The lowest BCUT2D eigenvalue weighted by Gasteiger charge is -2.08. The molecule has 0 fully saturated rings. The van der Waals surface area contributed by atoms with E-state index in [0.717, 1.165) is 22.8 Å². The number of hydrogen-bond donors (Lipinski definition) is 0. The van der Waals surface area contributed by atoms with E-state index >= 15 is 0 Å².